The second-order valence-corrected chi connectivity index (χ2v) is 9.06. The predicted molar refractivity (Wildman–Crippen MR) is 93.0 cm³/mol. The number of alkyl halides is 3. The molecule has 27 heavy (non-hydrogen) atoms. The van der Waals surface area contributed by atoms with E-state index in [4.69, 9.17) is 4.74 Å². The van der Waals surface area contributed by atoms with E-state index in [-0.39, 0.29) is 18.0 Å². The van der Waals surface area contributed by atoms with Crippen molar-refractivity contribution in [2.75, 3.05) is 18.0 Å². The number of nitrogens with zero attached hydrogens (tertiary/aromatic N) is 3. The number of benzene rings is 1. The number of anilines is 1. The maximum absolute atomic E-state index is 13.1. The summed E-state index contributed by atoms with van der Waals surface area (Å²) >= 11 is 0. The number of hydrogen-bond donors (Lipinski definition) is 0. The average Bonchev–Trinajstić information content (AvgIpc) is 3.24. The molecule has 0 bridgehead atoms. The highest BCUT2D eigenvalue weighted by molar-refractivity contribution is 7.89. The molecule has 2 heterocycles. The molecule has 2 aliphatic rings. The van der Waals surface area contributed by atoms with Gasteiger partial charge in [0.15, 0.2) is 0 Å². The third kappa shape index (κ3) is 3.98. The van der Waals surface area contributed by atoms with Crippen molar-refractivity contribution in [2.24, 2.45) is 5.16 Å². The van der Waals surface area contributed by atoms with Crippen LogP contribution in [-0.4, -0.2) is 55.9 Å². The van der Waals surface area contributed by atoms with E-state index >= 15 is 0 Å². The number of ether oxygens (including phenoxy) is 1. The van der Waals surface area contributed by atoms with Crippen molar-refractivity contribution >= 4 is 22.0 Å². The third-order valence-corrected chi connectivity index (χ3v) is 6.61. The van der Waals surface area contributed by atoms with Gasteiger partial charge in [0.1, 0.15) is 18.2 Å². The van der Waals surface area contributed by atoms with E-state index < -0.39 is 33.8 Å². The molecular formula is C16H20F3N3O4S. The molecule has 0 spiro atoms. The Labute approximate surface area is 155 Å². The molecule has 3 rings (SSSR count). The van der Waals surface area contributed by atoms with E-state index in [1.165, 1.54) is 16.4 Å². The molecule has 0 N–H and O–H groups in total. The minimum Gasteiger partial charge on any atom is -0.487 e. The van der Waals surface area contributed by atoms with Crippen molar-refractivity contribution in [3.8, 4) is 5.75 Å². The third-order valence-electron chi connectivity index (χ3n) is 4.37. The van der Waals surface area contributed by atoms with Crippen LogP contribution in [0.15, 0.2) is 29.4 Å². The minimum absolute atomic E-state index is 0.145. The van der Waals surface area contributed by atoms with Gasteiger partial charge in [-0.05, 0) is 32.4 Å². The normalized spacial score (nSPS) is 23.9. The Morgan fingerprint density at radius 1 is 1.30 bits per heavy atom. The minimum atomic E-state index is -4.64. The molecule has 1 aromatic rings. The molecule has 1 saturated heterocycles. The molecule has 2 aliphatic heterocycles. The largest absolute Gasteiger partial charge is 0.487 e. The van der Waals surface area contributed by atoms with E-state index in [1.54, 1.807) is 26.0 Å². The zero-order chi connectivity index (χ0) is 19.8. The molecule has 0 aromatic heterocycles. The average molecular weight is 407 g/mol. The monoisotopic (exact) mass is 407 g/mol. The quantitative estimate of drug-likeness (QED) is 0.750. The van der Waals surface area contributed by atoms with Gasteiger partial charge in [-0.15, -0.1) is 0 Å². The van der Waals surface area contributed by atoms with Gasteiger partial charge in [-0.3, -0.25) is 4.90 Å². The standard InChI is InChI=1S/C16H20F3N3O4S/c1-11(2)27(23,24)21-8-7-12(9-21)25-14-6-4-3-5-13(14)22-10-20-26-15(22)16(17,18)19/h3-6,10-12,15H,7-9H2,1-2H3. The molecule has 1 aromatic carbocycles. The van der Waals surface area contributed by atoms with Gasteiger partial charge in [-0.2, -0.15) is 17.5 Å². The Morgan fingerprint density at radius 3 is 2.67 bits per heavy atom. The van der Waals surface area contributed by atoms with Gasteiger partial charge in [0.25, 0.3) is 0 Å². The molecule has 11 heteroatoms. The summed E-state index contributed by atoms with van der Waals surface area (Å²) < 4.78 is 71.1. The highest BCUT2D eigenvalue weighted by Crippen LogP contribution is 2.37. The fraction of sp³-hybridized carbons (Fsp3) is 0.562. The lowest BCUT2D eigenvalue weighted by molar-refractivity contribution is -0.211. The van der Waals surface area contributed by atoms with Crippen LogP contribution < -0.4 is 9.64 Å². The van der Waals surface area contributed by atoms with Gasteiger partial charge in [0, 0.05) is 6.54 Å². The van der Waals surface area contributed by atoms with E-state index in [9.17, 15) is 21.6 Å². The van der Waals surface area contributed by atoms with Crippen molar-refractivity contribution in [3.63, 3.8) is 0 Å². The zero-order valence-corrected chi connectivity index (χ0v) is 15.6. The SMILES string of the molecule is CC(C)S(=O)(=O)N1CCC(Oc2ccccc2N2C=NOC2C(F)(F)F)C1. The van der Waals surface area contributed by atoms with Crippen molar-refractivity contribution < 1.29 is 31.2 Å². The smallest absolute Gasteiger partial charge is 0.448 e. The molecule has 2 atom stereocenters. The fourth-order valence-corrected chi connectivity index (χ4v) is 4.26. The number of para-hydroxylation sites is 2. The fourth-order valence-electron chi connectivity index (χ4n) is 2.93. The number of sulfonamides is 1. The zero-order valence-electron chi connectivity index (χ0n) is 14.8. The molecule has 7 nitrogen and oxygen atoms in total. The highest BCUT2D eigenvalue weighted by Gasteiger charge is 2.49. The van der Waals surface area contributed by atoms with E-state index in [0.29, 0.717) is 13.0 Å². The maximum atomic E-state index is 13.1. The first-order chi connectivity index (χ1) is 12.6. The van der Waals surface area contributed by atoms with Crippen molar-refractivity contribution in [2.45, 2.75) is 44.0 Å². The summed E-state index contributed by atoms with van der Waals surface area (Å²) in [7, 11) is -3.40. The summed E-state index contributed by atoms with van der Waals surface area (Å²) in [6, 6.07) is 6.21. The van der Waals surface area contributed by atoms with Crippen LogP contribution >= 0.6 is 0 Å². The summed E-state index contributed by atoms with van der Waals surface area (Å²) in [5.41, 5.74) is 0.145. The highest BCUT2D eigenvalue weighted by atomic mass is 32.2. The lowest BCUT2D eigenvalue weighted by Crippen LogP contribution is -2.43. The molecule has 0 saturated carbocycles. The number of hydrogen-bond acceptors (Lipinski definition) is 6. The van der Waals surface area contributed by atoms with Gasteiger partial charge in [0.2, 0.25) is 10.0 Å². The molecule has 0 aliphatic carbocycles. The van der Waals surface area contributed by atoms with E-state index in [1.807, 2.05) is 0 Å². The first-order valence-corrected chi connectivity index (χ1v) is 9.90. The van der Waals surface area contributed by atoms with Crippen LogP contribution in [0, 0.1) is 0 Å². The van der Waals surface area contributed by atoms with Crippen molar-refractivity contribution in [3.05, 3.63) is 24.3 Å². The molecule has 2 unspecified atom stereocenters. The van der Waals surface area contributed by atoms with Gasteiger partial charge in [-0.25, -0.2) is 8.42 Å². The second-order valence-electron chi connectivity index (χ2n) is 6.58. The molecule has 1 fully saturated rings. The lowest BCUT2D eigenvalue weighted by Gasteiger charge is -2.26. The van der Waals surface area contributed by atoms with Crippen LogP contribution in [0.3, 0.4) is 0 Å². The Balaban J connectivity index is 1.77. The van der Waals surface area contributed by atoms with Crippen molar-refractivity contribution in [1.82, 2.24) is 4.31 Å². The number of halogens is 3. The lowest BCUT2D eigenvalue weighted by atomic mass is 10.2. The number of oxime groups is 1. The van der Waals surface area contributed by atoms with Crippen LogP contribution in [0.4, 0.5) is 18.9 Å². The van der Waals surface area contributed by atoms with Crippen LogP contribution in [-0.2, 0) is 14.9 Å². The van der Waals surface area contributed by atoms with Gasteiger partial charge < -0.3 is 9.57 Å². The van der Waals surface area contributed by atoms with Gasteiger partial charge in [-0.1, -0.05) is 17.3 Å². The van der Waals surface area contributed by atoms with Crippen LogP contribution in [0.25, 0.3) is 0 Å². The van der Waals surface area contributed by atoms with Crippen LogP contribution in [0.1, 0.15) is 20.3 Å². The Morgan fingerprint density at radius 2 is 2.00 bits per heavy atom. The summed E-state index contributed by atoms with van der Waals surface area (Å²) in [5.74, 6) is 0.206. The Kier molecular flexibility index (Phi) is 5.26. The summed E-state index contributed by atoms with van der Waals surface area (Å²) in [6.07, 6.45) is -5.93. The van der Waals surface area contributed by atoms with Crippen molar-refractivity contribution in [1.29, 1.82) is 0 Å². The first-order valence-electron chi connectivity index (χ1n) is 8.39. The molecule has 150 valence electrons. The maximum Gasteiger partial charge on any atom is 0.448 e. The van der Waals surface area contributed by atoms with Crippen LogP contribution in [0.2, 0.25) is 0 Å². The Bertz CT molecular complexity index is 813. The summed E-state index contributed by atoms with van der Waals surface area (Å²) in [5, 5.41) is 2.72. The predicted octanol–water partition coefficient (Wildman–Crippen LogP) is 2.55. The molecule has 0 radical (unpaired) electrons. The number of rotatable bonds is 5. The summed E-state index contributed by atoms with van der Waals surface area (Å²) in [6.45, 7) is 3.67. The Hall–Kier alpha value is -2.01. The summed E-state index contributed by atoms with van der Waals surface area (Å²) in [4.78, 5) is 5.26. The van der Waals surface area contributed by atoms with Gasteiger partial charge in [0.05, 0.1) is 17.5 Å². The van der Waals surface area contributed by atoms with Gasteiger partial charge >= 0.3 is 12.4 Å². The van der Waals surface area contributed by atoms with Crippen LogP contribution in [0.5, 0.6) is 5.75 Å². The first kappa shape index (κ1) is 19.7. The molecular weight excluding hydrogens is 387 g/mol. The topological polar surface area (TPSA) is 71.4 Å². The molecule has 0 amide bonds. The second kappa shape index (κ2) is 7.19. The van der Waals surface area contributed by atoms with E-state index in [2.05, 4.69) is 9.99 Å². The van der Waals surface area contributed by atoms with E-state index in [0.717, 1.165) is 11.2 Å².